The van der Waals surface area contributed by atoms with Crippen molar-refractivity contribution in [2.75, 3.05) is 24.2 Å². The molecule has 0 spiro atoms. The van der Waals surface area contributed by atoms with Crippen LogP contribution >= 0.6 is 0 Å². The van der Waals surface area contributed by atoms with E-state index in [9.17, 15) is 18.0 Å². The van der Waals surface area contributed by atoms with Gasteiger partial charge in [-0.1, -0.05) is 50.2 Å². The molecule has 6 nitrogen and oxygen atoms in total. The topological polar surface area (TPSA) is 80.8 Å². The van der Waals surface area contributed by atoms with Crippen molar-refractivity contribution in [1.29, 1.82) is 0 Å². The van der Waals surface area contributed by atoms with Crippen molar-refractivity contribution < 1.29 is 22.7 Å². The Bertz CT molecular complexity index is 951. The number of Topliss-reactive ketones (excluding diaryl/α,β-unsaturated/α-hetero) is 1. The third-order valence-electron chi connectivity index (χ3n) is 4.71. The van der Waals surface area contributed by atoms with Gasteiger partial charge in [-0.25, -0.2) is 13.2 Å². The number of benzene rings is 2. The van der Waals surface area contributed by atoms with Gasteiger partial charge >= 0.3 is 5.97 Å². The quantitative estimate of drug-likeness (QED) is 0.497. The summed E-state index contributed by atoms with van der Waals surface area (Å²) in [7, 11) is -2.19. The highest BCUT2D eigenvalue weighted by atomic mass is 32.2. The number of ether oxygens (including phenoxy) is 1. The second-order valence-corrected chi connectivity index (χ2v) is 8.69. The molecule has 28 heavy (non-hydrogen) atoms. The van der Waals surface area contributed by atoms with Crippen LogP contribution in [0.15, 0.2) is 48.5 Å². The molecule has 2 aromatic rings. The number of sulfonamides is 1. The molecule has 0 amide bonds. The van der Waals surface area contributed by atoms with Crippen LogP contribution in [0.4, 0.5) is 5.69 Å². The Morgan fingerprint density at radius 3 is 2.25 bits per heavy atom. The number of hydrogen-bond acceptors (Lipinski definition) is 5. The van der Waals surface area contributed by atoms with Crippen molar-refractivity contribution in [1.82, 2.24) is 0 Å². The van der Waals surface area contributed by atoms with E-state index >= 15 is 0 Å². The Kier molecular flexibility index (Phi) is 6.96. The number of esters is 1. The number of para-hydroxylation sites is 1. The Balaban J connectivity index is 2.09. The first-order valence-corrected chi connectivity index (χ1v) is 10.8. The molecule has 0 saturated heterocycles. The Morgan fingerprint density at radius 2 is 1.68 bits per heavy atom. The minimum absolute atomic E-state index is 0.0790. The molecule has 0 saturated carbocycles. The summed E-state index contributed by atoms with van der Waals surface area (Å²) in [6, 6.07) is 13.5. The zero-order chi connectivity index (χ0) is 20.9. The van der Waals surface area contributed by atoms with E-state index < -0.39 is 22.6 Å². The molecular weight excluding hydrogens is 378 g/mol. The van der Waals surface area contributed by atoms with Gasteiger partial charge in [-0.3, -0.25) is 9.10 Å². The van der Waals surface area contributed by atoms with E-state index in [1.54, 1.807) is 24.3 Å². The number of carbonyl (C=O) groups excluding carboxylic acids is 2. The summed E-state index contributed by atoms with van der Waals surface area (Å²) >= 11 is 0. The van der Waals surface area contributed by atoms with Crippen molar-refractivity contribution in [2.45, 2.75) is 26.2 Å². The van der Waals surface area contributed by atoms with Gasteiger partial charge in [0.15, 0.2) is 12.4 Å². The lowest BCUT2D eigenvalue weighted by atomic mass is 9.97. The van der Waals surface area contributed by atoms with E-state index in [0.717, 1.165) is 22.5 Å². The highest BCUT2D eigenvalue weighted by molar-refractivity contribution is 7.92. The molecule has 0 aliphatic heterocycles. The van der Waals surface area contributed by atoms with E-state index in [-0.39, 0.29) is 17.0 Å². The lowest BCUT2D eigenvalue weighted by molar-refractivity contribution is 0.0475. The first kappa shape index (κ1) is 21.6. The van der Waals surface area contributed by atoms with E-state index in [2.05, 4.69) is 13.8 Å². The van der Waals surface area contributed by atoms with E-state index in [1.165, 1.54) is 19.2 Å². The van der Waals surface area contributed by atoms with E-state index in [1.807, 2.05) is 12.1 Å². The van der Waals surface area contributed by atoms with Crippen LogP contribution in [0.2, 0.25) is 0 Å². The smallest absolute Gasteiger partial charge is 0.340 e. The van der Waals surface area contributed by atoms with Gasteiger partial charge in [-0.15, -0.1) is 0 Å². The summed E-state index contributed by atoms with van der Waals surface area (Å²) in [6.45, 7) is 3.80. The fraction of sp³-hybridized carbons (Fsp3) is 0.333. The molecule has 0 bridgehead atoms. The molecule has 0 aliphatic carbocycles. The maximum absolute atomic E-state index is 12.4. The molecule has 0 aromatic heterocycles. The average molecular weight is 404 g/mol. The molecule has 0 radical (unpaired) electrons. The van der Waals surface area contributed by atoms with Crippen LogP contribution in [-0.2, 0) is 14.8 Å². The van der Waals surface area contributed by atoms with Crippen LogP contribution in [-0.4, -0.2) is 40.1 Å². The molecule has 2 aromatic carbocycles. The summed E-state index contributed by atoms with van der Waals surface area (Å²) in [5.41, 5.74) is 1.88. The van der Waals surface area contributed by atoms with Crippen molar-refractivity contribution in [3.05, 3.63) is 65.2 Å². The molecule has 0 N–H and O–H groups in total. The lowest BCUT2D eigenvalue weighted by Gasteiger charge is -2.19. The number of nitrogens with zero attached hydrogens (tertiary/aromatic N) is 1. The monoisotopic (exact) mass is 403 g/mol. The van der Waals surface area contributed by atoms with Crippen molar-refractivity contribution in [3.8, 4) is 0 Å². The highest BCUT2D eigenvalue weighted by Crippen LogP contribution is 2.22. The van der Waals surface area contributed by atoms with Gasteiger partial charge in [0, 0.05) is 12.6 Å². The normalized spacial score (nSPS) is 12.3. The van der Waals surface area contributed by atoms with Crippen LogP contribution in [0, 0.1) is 0 Å². The zero-order valence-corrected chi connectivity index (χ0v) is 17.3. The molecule has 150 valence electrons. The third kappa shape index (κ3) is 5.19. The minimum Gasteiger partial charge on any atom is -0.454 e. The fourth-order valence-electron chi connectivity index (χ4n) is 2.62. The minimum atomic E-state index is -3.54. The predicted molar refractivity (Wildman–Crippen MR) is 109 cm³/mol. The van der Waals surface area contributed by atoms with Gasteiger partial charge in [-0.2, -0.15) is 0 Å². The first-order chi connectivity index (χ1) is 13.1. The molecule has 2 rings (SSSR count). The largest absolute Gasteiger partial charge is 0.454 e. The van der Waals surface area contributed by atoms with Gasteiger partial charge < -0.3 is 4.74 Å². The van der Waals surface area contributed by atoms with Crippen LogP contribution < -0.4 is 4.31 Å². The Morgan fingerprint density at radius 1 is 1.07 bits per heavy atom. The molecule has 1 atom stereocenters. The lowest BCUT2D eigenvalue weighted by Crippen LogP contribution is -2.27. The summed E-state index contributed by atoms with van der Waals surface area (Å²) < 4.78 is 29.7. The molecular formula is C21H25NO5S. The molecule has 0 unspecified atom stereocenters. The SMILES string of the molecule is CC[C@H](C)c1ccc(C(=O)COC(=O)c2ccccc2N(C)S(C)(=O)=O)cc1. The predicted octanol–water partition coefficient (Wildman–Crippen LogP) is 3.64. The summed E-state index contributed by atoms with van der Waals surface area (Å²) in [5, 5.41) is 0. The number of carbonyl (C=O) groups is 2. The summed E-state index contributed by atoms with van der Waals surface area (Å²) in [6.07, 6.45) is 2.05. The Labute approximate surface area is 166 Å². The van der Waals surface area contributed by atoms with E-state index in [0.29, 0.717) is 11.5 Å². The fourth-order valence-corrected chi connectivity index (χ4v) is 3.14. The first-order valence-electron chi connectivity index (χ1n) is 8.98. The van der Waals surface area contributed by atoms with Crippen molar-refractivity contribution in [2.24, 2.45) is 0 Å². The van der Waals surface area contributed by atoms with Gasteiger partial charge in [0.2, 0.25) is 10.0 Å². The molecule has 0 aliphatic rings. The standard InChI is InChI=1S/C21H25NO5S/c1-5-15(2)16-10-12-17(13-11-16)20(23)14-27-21(24)18-8-6-7-9-19(18)22(3)28(4,25)26/h6-13,15H,5,14H2,1-4H3/t15-/m0/s1. The average Bonchev–Trinajstić information content (AvgIpc) is 2.70. The van der Waals surface area contributed by atoms with Crippen molar-refractivity contribution in [3.63, 3.8) is 0 Å². The molecule has 0 heterocycles. The number of ketones is 1. The van der Waals surface area contributed by atoms with Crippen LogP contribution in [0.3, 0.4) is 0 Å². The number of anilines is 1. The third-order valence-corrected chi connectivity index (χ3v) is 5.90. The highest BCUT2D eigenvalue weighted by Gasteiger charge is 2.21. The Hall–Kier alpha value is -2.67. The number of hydrogen-bond donors (Lipinski definition) is 0. The van der Waals surface area contributed by atoms with Gasteiger partial charge in [0.1, 0.15) is 0 Å². The van der Waals surface area contributed by atoms with Gasteiger partial charge in [-0.05, 0) is 30.0 Å². The van der Waals surface area contributed by atoms with Crippen molar-refractivity contribution >= 4 is 27.5 Å². The van der Waals surface area contributed by atoms with E-state index in [4.69, 9.17) is 4.74 Å². The maximum atomic E-state index is 12.4. The summed E-state index contributed by atoms with van der Waals surface area (Å²) in [5.74, 6) is -0.668. The number of rotatable bonds is 8. The van der Waals surface area contributed by atoms with Crippen LogP contribution in [0.5, 0.6) is 0 Å². The zero-order valence-electron chi connectivity index (χ0n) is 16.5. The summed E-state index contributed by atoms with van der Waals surface area (Å²) in [4.78, 5) is 24.7. The molecule has 0 fully saturated rings. The second-order valence-electron chi connectivity index (χ2n) is 6.68. The van der Waals surface area contributed by atoms with Gasteiger partial charge in [0.05, 0.1) is 17.5 Å². The van der Waals surface area contributed by atoms with Crippen LogP contribution in [0.1, 0.15) is 52.5 Å². The maximum Gasteiger partial charge on any atom is 0.340 e. The van der Waals surface area contributed by atoms with Crippen LogP contribution in [0.25, 0.3) is 0 Å². The second kappa shape index (κ2) is 9.01. The molecule has 7 heteroatoms. The van der Waals surface area contributed by atoms with Gasteiger partial charge in [0.25, 0.3) is 0 Å².